The number of fused-ring (bicyclic) bond motifs is 1. The summed E-state index contributed by atoms with van der Waals surface area (Å²) in [5.74, 6) is -1.47. The lowest BCUT2D eigenvalue weighted by molar-refractivity contribution is -0.136. The van der Waals surface area contributed by atoms with Crippen LogP contribution in [0.5, 0.6) is 0 Å². The van der Waals surface area contributed by atoms with Crippen molar-refractivity contribution in [1.29, 1.82) is 0 Å². The van der Waals surface area contributed by atoms with Gasteiger partial charge in [-0.3, -0.25) is 9.59 Å². The Morgan fingerprint density at radius 1 is 1.40 bits per heavy atom. The number of carbonyl (C=O) groups is 1. The van der Waals surface area contributed by atoms with E-state index in [0.717, 1.165) is 6.42 Å². The van der Waals surface area contributed by atoms with Gasteiger partial charge in [-0.2, -0.15) is 0 Å². The van der Waals surface area contributed by atoms with Gasteiger partial charge in [0, 0.05) is 23.2 Å². The molecule has 5 heteroatoms. The number of aromatic nitrogens is 1. The SMILES string of the molecule is CCC(C)n1c(CC(=O)O)cc(=O)c2cc(F)ccc21. The number of halogens is 1. The van der Waals surface area contributed by atoms with Gasteiger partial charge < -0.3 is 9.67 Å². The summed E-state index contributed by atoms with van der Waals surface area (Å²) in [6, 6.07) is 5.33. The summed E-state index contributed by atoms with van der Waals surface area (Å²) in [4.78, 5) is 23.0. The molecule has 106 valence electrons. The summed E-state index contributed by atoms with van der Waals surface area (Å²) in [6.07, 6.45) is 0.550. The van der Waals surface area contributed by atoms with Crippen molar-refractivity contribution in [3.63, 3.8) is 0 Å². The Morgan fingerprint density at radius 3 is 2.70 bits per heavy atom. The third kappa shape index (κ3) is 2.57. The first-order chi connectivity index (χ1) is 9.43. The van der Waals surface area contributed by atoms with Crippen LogP contribution in [0, 0.1) is 5.82 Å². The molecule has 1 aromatic carbocycles. The summed E-state index contributed by atoms with van der Waals surface area (Å²) < 4.78 is 15.1. The number of carboxylic acids is 1. The van der Waals surface area contributed by atoms with Crippen LogP contribution in [0.2, 0.25) is 0 Å². The van der Waals surface area contributed by atoms with Gasteiger partial charge in [0.15, 0.2) is 5.43 Å². The minimum absolute atomic E-state index is 0.0258. The van der Waals surface area contributed by atoms with E-state index in [0.29, 0.717) is 11.2 Å². The van der Waals surface area contributed by atoms with Crippen molar-refractivity contribution >= 4 is 16.9 Å². The van der Waals surface area contributed by atoms with Crippen molar-refractivity contribution in [2.24, 2.45) is 0 Å². The van der Waals surface area contributed by atoms with Gasteiger partial charge in [0.05, 0.1) is 11.9 Å². The number of benzene rings is 1. The second-order valence-corrected chi connectivity index (χ2v) is 4.86. The maximum absolute atomic E-state index is 13.3. The smallest absolute Gasteiger partial charge is 0.309 e. The fraction of sp³-hybridized carbons (Fsp3) is 0.333. The molecule has 0 aliphatic carbocycles. The van der Waals surface area contributed by atoms with Crippen LogP contribution in [0.1, 0.15) is 32.0 Å². The van der Waals surface area contributed by atoms with Gasteiger partial charge in [-0.15, -0.1) is 0 Å². The Kier molecular flexibility index (Phi) is 3.88. The molecule has 0 aliphatic rings. The van der Waals surface area contributed by atoms with Crippen LogP contribution in [0.3, 0.4) is 0 Å². The third-order valence-corrected chi connectivity index (χ3v) is 3.45. The fourth-order valence-electron chi connectivity index (χ4n) is 2.36. The molecule has 0 amide bonds. The highest BCUT2D eigenvalue weighted by molar-refractivity contribution is 5.80. The topological polar surface area (TPSA) is 59.3 Å². The Labute approximate surface area is 115 Å². The van der Waals surface area contributed by atoms with Crippen molar-refractivity contribution < 1.29 is 14.3 Å². The summed E-state index contributed by atoms with van der Waals surface area (Å²) in [5.41, 5.74) is 0.663. The molecule has 1 heterocycles. The molecule has 0 spiro atoms. The Bertz CT molecular complexity index is 721. The highest BCUT2D eigenvalue weighted by Crippen LogP contribution is 2.22. The lowest BCUT2D eigenvalue weighted by Crippen LogP contribution is -2.19. The average molecular weight is 277 g/mol. The molecule has 20 heavy (non-hydrogen) atoms. The average Bonchev–Trinajstić information content (AvgIpc) is 2.38. The molecule has 0 saturated heterocycles. The number of hydrogen-bond acceptors (Lipinski definition) is 2. The molecular formula is C15H16FNO3. The third-order valence-electron chi connectivity index (χ3n) is 3.45. The zero-order chi connectivity index (χ0) is 14.9. The second-order valence-electron chi connectivity index (χ2n) is 4.86. The molecule has 0 bridgehead atoms. The van der Waals surface area contributed by atoms with Crippen LogP contribution in [-0.4, -0.2) is 15.6 Å². The highest BCUT2D eigenvalue weighted by Gasteiger charge is 2.15. The molecule has 0 radical (unpaired) electrons. The monoisotopic (exact) mass is 277 g/mol. The van der Waals surface area contributed by atoms with E-state index >= 15 is 0 Å². The maximum atomic E-state index is 13.3. The normalized spacial score (nSPS) is 12.6. The predicted octanol–water partition coefficient (Wildman–Crippen LogP) is 2.74. The first kappa shape index (κ1) is 14.2. The quantitative estimate of drug-likeness (QED) is 0.934. The number of hydrogen-bond donors (Lipinski definition) is 1. The zero-order valence-corrected chi connectivity index (χ0v) is 11.4. The lowest BCUT2D eigenvalue weighted by atomic mass is 10.1. The number of rotatable bonds is 4. The number of pyridine rings is 1. The molecule has 2 rings (SSSR count). The molecule has 1 aromatic heterocycles. The van der Waals surface area contributed by atoms with Gasteiger partial charge in [-0.05, 0) is 31.5 Å². The van der Waals surface area contributed by atoms with E-state index < -0.39 is 11.8 Å². The molecule has 1 N–H and O–H groups in total. The lowest BCUT2D eigenvalue weighted by Gasteiger charge is -2.21. The van der Waals surface area contributed by atoms with Gasteiger partial charge in [0.1, 0.15) is 5.82 Å². The summed E-state index contributed by atoms with van der Waals surface area (Å²) in [6.45, 7) is 3.92. The number of nitrogens with zero attached hydrogens (tertiary/aromatic N) is 1. The van der Waals surface area contributed by atoms with E-state index in [1.165, 1.54) is 24.3 Å². The van der Waals surface area contributed by atoms with Crippen LogP contribution in [0.25, 0.3) is 10.9 Å². The summed E-state index contributed by atoms with van der Waals surface area (Å²) in [5, 5.41) is 9.25. The fourth-order valence-corrected chi connectivity index (χ4v) is 2.36. The minimum atomic E-state index is -0.997. The zero-order valence-electron chi connectivity index (χ0n) is 11.4. The Balaban J connectivity index is 2.82. The van der Waals surface area contributed by atoms with Crippen LogP contribution in [0.15, 0.2) is 29.1 Å². The van der Waals surface area contributed by atoms with Crippen molar-refractivity contribution in [3.05, 3.63) is 46.0 Å². The van der Waals surface area contributed by atoms with E-state index in [1.54, 1.807) is 0 Å². The number of aliphatic carboxylic acids is 1. The second kappa shape index (κ2) is 5.45. The molecular weight excluding hydrogens is 261 g/mol. The minimum Gasteiger partial charge on any atom is -0.481 e. The molecule has 0 fully saturated rings. The van der Waals surface area contributed by atoms with E-state index in [4.69, 9.17) is 5.11 Å². The number of carboxylic acid groups (broad SMARTS) is 1. The summed E-state index contributed by atoms with van der Waals surface area (Å²) in [7, 11) is 0. The Hall–Kier alpha value is -2.17. The molecule has 1 atom stereocenters. The molecule has 1 unspecified atom stereocenters. The van der Waals surface area contributed by atoms with E-state index in [2.05, 4.69) is 0 Å². The van der Waals surface area contributed by atoms with Gasteiger partial charge in [0.25, 0.3) is 0 Å². The van der Waals surface area contributed by atoms with Crippen molar-refractivity contribution in [2.45, 2.75) is 32.7 Å². The van der Waals surface area contributed by atoms with Crippen LogP contribution in [-0.2, 0) is 11.2 Å². The van der Waals surface area contributed by atoms with E-state index in [9.17, 15) is 14.0 Å². The van der Waals surface area contributed by atoms with Gasteiger partial charge in [-0.1, -0.05) is 6.92 Å². The maximum Gasteiger partial charge on any atom is 0.309 e. The van der Waals surface area contributed by atoms with Gasteiger partial charge in [0.2, 0.25) is 0 Å². The Morgan fingerprint density at radius 2 is 2.10 bits per heavy atom. The molecule has 2 aromatic rings. The van der Waals surface area contributed by atoms with Gasteiger partial charge in [-0.25, -0.2) is 4.39 Å². The summed E-state index contributed by atoms with van der Waals surface area (Å²) >= 11 is 0. The van der Waals surface area contributed by atoms with Crippen molar-refractivity contribution in [1.82, 2.24) is 4.57 Å². The molecule has 4 nitrogen and oxygen atoms in total. The highest BCUT2D eigenvalue weighted by atomic mass is 19.1. The van der Waals surface area contributed by atoms with Crippen LogP contribution in [0.4, 0.5) is 4.39 Å². The molecule has 0 aliphatic heterocycles. The molecule has 0 saturated carbocycles. The van der Waals surface area contributed by atoms with E-state index in [1.807, 2.05) is 18.4 Å². The largest absolute Gasteiger partial charge is 0.481 e. The van der Waals surface area contributed by atoms with E-state index in [-0.39, 0.29) is 23.3 Å². The van der Waals surface area contributed by atoms with Crippen LogP contribution >= 0.6 is 0 Å². The van der Waals surface area contributed by atoms with Gasteiger partial charge >= 0.3 is 5.97 Å². The first-order valence-corrected chi connectivity index (χ1v) is 6.49. The predicted molar refractivity (Wildman–Crippen MR) is 74.5 cm³/mol. The first-order valence-electron chi connectivity index (χ1n) is 6.49. The van der Waals surface area contributed by atoms with Crippen LogP contribution < -0.4 is 5.43 Å². The van der Waals surface area contributed by atoms with Crippen molar-refractivity contribution in [2.75, 3.05) is 0 Å². The van der Waals surface area contributed by atoms with Crippen molar-refractivity contribution in [3.8, 4) is 0 Å². The standard InChI is InChI=1S/C15H16FNO3/c1-3-9(2)17-11(8-15(19)20)7-14(18)12-6-10(16)4-5-13(12)17/h4-7,9H,3,8H2,1-2H3,(H,19,20).